The third-order valence-corrected chi connectivity index (χ3v) is 6.59. The molecule has 5 nitrogen and oxygen atoms in total. The molecule has 0 radical (unpaired) electrons. The van der Waals surface area contributed by atoms with Gasteiger partial charge in [0.2, 0.25) is 0 Å². The molecule has 0 aliphatic heterocycles. The van der Waals surface area contributed by atoms with Crippen molar-refractivity contribution < 1.29 is 23.5 Å². The van der Waals surface area contributed by atoms with Crippen molar-refractivity contribution in [2.24, 2.45) is 0 Å². The summed E-state index contributed by atoms with van der Waals surface area (Å²) in [6.45, 7) is 8.15. The molecule has 0 amide bonds. The van der Waals surface area contributed by atoms with Crippen molar-refractivity contribution >= 4 is 24.2 Å². The van der Waals surface area contributed by atoms with Crippen LogP contribution in [0.3, 0.4) is 0 Å². The second kappa shape index (κ2) is 8.01. The third kappa shape index (κ3) is 4.80. The molecule has 2 aromatic carbocycles. The van der Waals surface area contributed by atoms with E-state index in [9.17, 15) is 14.5 Å². The average molecular weight is 378 g/mol. The summed E-state index contributed by atoms with van der Waals surface area (Å²) in [5.41, 5.74) is 0.449. The van der Waals surface area contributed by atoms with Crippen LogP contribution in [0.4, 0.5) is 0 Å². The van der Waals surface area contributed by atoms with Gasteiger partial charge in [-0.2, -0.15) is 0 Å². The van der Waals surface area contributed by atoms with Gasteiger partial charge in [-0.3, -0.25) is 9.36 Å². The summed E-state index contributed by atoms with van der Waals surface area (Å²) in [6.07, 6.45) is -1.19. The van der Waals surface area contributed by atoms with Crippen LogP contribution in [0.25, 0.3) is 10.8 Å². The molecule has 1 N–H and O–H groups in total. The molecular weight excluding hydrogens is 351 g/mol. The molecule has 6 heteroatoms. The first-order valence-electron chi connectivity index (χ1n) is 8.75. The van der Waals surface area contributed by atoms with Crippen molar-refractivity contribution in [2.45, 2.75) is 58.6 Å². The van der Waals surface area contributed by atoms with Crippen molar-refractivity contribution in [1.82, 2.24) is 0 Å². The van der Waals surface area contributed by atoms with Crippen molar-refractivity contribution in [3.63, 3.8) is 0 Å². The second-order valence-corrected chi connectivity index (χ2v) is 9.56. The second-order valence-electron chi connectivity index (χ2n) is 7.18. The first kappa shape index (κ1) is 20.8. The maximum absolute atomic E-state index is 13.2. The van der Waals surface area contributed by atoms with Crippen LogP contribution >= 0.6 is 7.60 Å². The Hall–Kier alpha value is -1.52. The van der Waals surface area contributed by atoms with Gasteiger partial charge in [0.05, 0.1) is 18.6 Å². The molecule has 0 saturated carbocycles. The maximum atomic E-state index is 13.2. The van der Waals surface area contributed by atoms with Crippen molar-refractivity contribution in [1.29, 1.82) is 0 Å². The van der Waals surface area contributed by atoms with Gasteiger partial charge in [-0.1, -0.05) is 36.4 Å². The summed E-state index contributed by atoms with van der Waals surface area (Å²) in [5.74, 6) is -0.319. The van der Waals surface area contributed by atoms with Crippen LogP contribution in [-0.2, 0) is 13.6 Å². The Balaban J connectivity index is 2.29. The molecule has 0 bridgehead atoms. The fourth-order valence-corrected chi connectivity index (χ4v) is 4.62. The molecule has 2 aromatic rings. The first-order valence-corrected chi connectivity index (χ1v) is 10.3. The number of aliphatic hydroxyl groups is 1. The van der Waals surface area contributed by atoms with E-state index in [1.165, 1.54) is 6.92 Å². The zero-order valence-corrected chi connectivity index (χ0v) is 16.8. The fraction of sp³-hybridized carbons (Fsp3) is 0.450. The van der Waals surface area contributed by atoms with Crippen LogP contribution in [-0.4, -0.2) is 28.4 Å². The van der Waals surface area contributed by atoms with Gasteiger partial charge >= 0.3 is 7.60 Å². The molecule has 0 aromatic heterocycles. The number of ketones is 1. The van der Waals surface area contributed by atoms with Crippen molar-refractivity contribution in [3.05, 3.63) is 48.0 Å². The number of hydrogen-bond donors (Lipinski definition) is 1. The molecular formula is C20H27O5P. The lowest BCUT2D eigenvalue weighted by Gasteiger charge is -2.33. The van der Waals surface area contributed by atoms with Gasteiger partial charge in [0, 0.05) is 5.56 Å². The molecule has 0 saturated heterocycles. The SMILES string of the molecule is CC(C)OP(=O)(OC(C)C)[C@@](C)(O)CC(=O)c1ccc2ccccc2c1. The fourth-order valence-electron chi connectivity index (χ4n) is 2.67. The van der Waals surface area contributed by atoms with E-state index in [1.54, 1.807) is 39.8 Å². The number of carbonyl (C=O) groups is 1. The zero-order chi connectivity index (χ0) is 19.5. The highest BCUT2D eigenvalue weighted by atomic mass is 31.2. The van der Waals surface area contributed by atoms with Gasteiger partial charge in [0.25, 0.3) is 0 Å². The van der Waals surface area contributed by atoms with Crippen LogP contribution in [0.15, 0.2) is 42.5 Å². The smallest absolute Gasteiger partial charge is 0.362 e. The van der Waals surface area contributed by atoms with E-state index in [0.29, 0.717) is 5.56 Å². The molecule has 0 aliphatic carbocycles. The van der Waals surface area contributed by atoms with Gasteiger partial charge in [-0.05, 0) is 51.5 Å². The number of benzene rings is 2. The predicted molar refractivity (Wildman–Crippen MR) is 104 cm³/mol. The van der Waals surface area contributed by atoms with Gasteiger partial charge in [0.15, 0.2) is 11.1 Å². The lowest BCUT2D eigenvalue weighted by Crippen LogP contribution is -2.32. The highest BCUT2D eigenvalue weighted by molar-refractivity contribution is 7.55. The first-order chi connectivity index (χ1) is 12.0. The Labute approximate surface area is 154 Å². The van der Waals surface area contributed by atoms with Gasteiger partial charge in [-0.15, -0.1) is 0 Å². The summed E-state index contributed by atoms with van der Waals surface area (Å²) < 4.78 is 24.1. The molecule has 0 unspecified atom stereocenters. The lowest BCUT2D eigenvalue weighted by atomic mass is 10.0. The number of rotatable bonds is 8. The summed E-state index contributed by atoms with van der Waals surface area (Å²) in [4.78, 5) is 12.7. The molecule has 142 valence electrons. The van der Waals surface area contributed by atoms with Crippen molar-refractivity contribution in [2.75, 3.05) is 0 Å². The standard InChI is InChI=1S/C20H27O5P/c1-14(2)24-26(23,25-15(3)4)20(5,22)13-19(21)18-11-10-16-8-6-7-9-17(16)12-18/h6-12,14-15,22H,13H2,1-5H3/t20-/m1/s1. The van der Waals surface area contributed by atoms with Crippen molar-refractivity contribution in [3.8, 4) is 0 Å². The number of Topliss-reactive ketones (excluding diaryl/α,β-unsaturated/α-hetero) is 1. The minimum atomic E-state index is -3.92. The predicted octanol–water partition coefficient (Wildman–Crippen LogP) is 5.16. The summed E-state index contributed by atoms with van der Waals surface area (Å²) >= 11 is 0. The van der Waals surface area contributed by atoms with Crippen LogP contribution in [0.1, 0.15) is 51.4 Å². The Kier molecular flexibility index (Phi) is 6.41. The minimum Gasteiger partial charge on any atom is -0.377 e. The molecule has 0 spiro atoms. The Morgan fingerprint density at radius 2 is 1.58 bits per heavy atom. The minimum absolute atomic E-state index is 0.319. The van der Waals surface area contributed by atoms with Gasteiger partial charge in [0.1, 0.15) is 0 Å². The molecule has 2 rings (SSSR count). The molecule has 0 heterocycles. The highest BCUT2D eigenvalue weighted by Gasteiger charge is 2.48. The number of hydrogen-bond acceptors (Lipinski definition) is 5. The summed E-state index contributed by atoms with van der Waals surface area (Å²) in [5, 5.41) is 10.9. The molecule has 0 aliphatic rings. The van der Waals surface area contributed by atoms with E-state index >= 15 is 0 Å². The van der Waals surface area contributed by atoms with E-state index in [4.69, 9.17) is 9.05 Å². The van der Waals surface area contributed by atoms with Gasteiger partial charge in [-0.25, -0.2) is 0 Å². The van der Waals surface area contributed by atoms with E-state index in [-0.39, 0.29) is 12.2 Å². The Morgan fingerprint density at radius 1 is 1.04 bits per heavy atom. The molecule has 0 fully saturated rings. The topological polar surface area (TPSA) is 72.8 Å². The number of fused-ring (bicyclic) bond motifs is 1. The largest absolute Gasteiger partial charge is 0.377 e. The monoisotopic (exact) mass is 378 g/mol. The summed E-state index contributed by atoms with van der Waals surface area (Å²) in [6, 6.07) is 13.0. The van der Waals surface area contributed by atoms with E-state index in [1.807, 2.05) is 30.3 Å². The normalized spacial score (nSPS) is 14.8. The third-order valence-electron chi connectivity index (χ3n) is 3.86. The van der Waals surface area contributed by atoms with Crippen LogP contribution in [0.2, 0.25) is 0 Å². The quantitative estimate of drug-likeness (QED) is 0.507. The van der Waals surface area contributed by atoms with Crippen LogP contribution in [0.5, 0.6) is 0 Å². The molecule has 1 atom stereocenters. The summed E-state index contributed by atoms with van der Waals surface area (Å²) in [7, 11) is -3.92. The van der Waals surface area contributed by atoms with E-state index < -0.39 is 25.1 Å². The highest BCUT2D eigenvalue weighted by Crippen LogP contribution is 2.61. The van der Waals surface area contributed by atoms with Crippen LogP contribution < -0.4 is 0 Å². The average Bonchev–Trinajstić information content (AvgIpc) is 2.52. The van der Waals surface area contributed by atoms with E-state index in [0.717, 1.165) is 10.8 Å². The van der Waals surface area contributed by atoms with E-state index in [2.05, 4.69) is 0 Å². The lowest BCUT2D eigenvalue weighted by molar-refractivity contribution is 0.0459. The van der Waals surface area contributed by atoms with Gasteiger partial charge < -0.3 is 14.2 Å². The Morgan fingerprint density at radius 3 is 2.12 bits per heavy atom. The maximum Gasteiger partial charge on any atom is 0.362 e. The zero-order valence-electron chi connectivity index (χ0n) is 15.9. The molecule has 26 heavy (non-hydrogen) atoms. The Bertz CT molecular complexity index is 812. The number of carbonyl (C=O) groups excluding carboxylic acids is 1. The van der Waals surface area contributed by atoms with Crippen LogP contribution in [0, 0.1) is 0 Å².